The maximum Gasteiger partial charge on any atom is 0.218 e. The molecule has 0 bridgehead atoms. The molecule has 0 aliphatic carbocycles. The van der Waals surface area contributed by atoms with Crippen LogP contribution in [-0.4, -0.2) is 56.2 Å². The van der Waals surface area contributed by atoms with Gasteiger partial charge in [0, 0.05) is 13.1 Å². The van der Waals surface area contributed by atoms with Gasteiger partial charge in [-0.1, -0.05) is 0 Å². The number of guanidine groups is 2. The van der Waals surface area contributed by atoms with E-state index < -0.39 is 0 Å². The Kier molecular flexibility index (Phi) is 4.32. The van der Waals surface area contributed by atoms with E-state index in [0.717, 1.165) is 19.7 Å². The Hall–Kier alpha value is -1.34. The maximum absolute atomic E-state index is 5.49. The zero-order chi connectivity index (χ0) is 11.3. The highest BCUT2D eigenvalue weighted by molar-refractivity contribution is 5.92. The first kappa shape index (κ1) is 11.7. The molecule has 1 heterocycles. The van der Waals surface area contributed by atoms with E-state index in [9.17, 15) is 0 Å². The number of ether oxygens (including phenoxy) is 1. The van der Waals surface area contributed by atoms with Gasteiger partial charge in [-0.2, -0.15) is 4.99 Å². The van der Waals surface area contributed by atoms with Crippen LogP contribution < -0.4 is 17.2 Å². The minimum atomic E-state index is -0.0852. The van der Waals surface area contributed by atoms with Gasteiger partial charge in [-0.15, -0.1) is 0 Å². The third-order valence-corrected chi connectivity index (χ3v) is 2.04. The van der Waals surface area contributed by atoms with Crippen LogP contribution >= 0.6 is 0 Å². The highest BCUT2D eigenvalue weighted by atomic mass is 16.5. The number of hydrogen-bond acceptors (Lipinski definition) is 3. The SMILES string of the molecule is CN1CCOC(CN=C(N)N=C(N)N)C1. The van der Waals surface area contributed by atoms with Crippen molar-refractivity contribution in [3.05, 3.63) is 0 Å². The Morgan fingerprint density at radius 3 is 2.80 bits per heavy atom. The molecule has 15 heavy (non-hydrogen) atoms. The van der Waals surface area contributed by atoms with E-state index in [1.54, 1.807) is 0 Å². The molecule has 0 aromatic heterocycles. The van der Waals surface area contributed by atoms with Crippen molar-refractivity contribution in [2.75, 3.05) is 33.3 Å². The predicted molar refractivity (Wildman–Crippen MR) is 59.5 cm³/mol. The van der Waals surface area contributed by atoms with E-state index in [1.807, 2.05) is 7.05 Å². The number of aliphatic imine (C=N–C) groups is 2. The number of morpholine rings is 1. The van der Waals surface area contributed by atoms with E-state index in [4.69, 9.17) is 21.9 Å². The van der Waals surface area contributed by atoms with Crippen LogP contribution in [0.15, 0.2) is 9.98 Å². The molecular weight excluding hydrogens is 196 g/mol. The van der Waals surface area contributed by atoms with Crippen LogP contribution in [-0.2, 0) is 4.74 Å². The van der Waals surface area contributed by atoms with Crippen LogP contribution in [0, 0.1) is 0 Å². The number of nitrogens with zero attached hydrogens (tertiary/aromatic N) is 3. The molecule has 1 atom stereocenters. The van der Waals surface area contributed by atoms with Crippen molar-refractivity contribution in [3.8, 4) is 0 Å². The van der Waals surface area contributed by atoms with Gasteiger partial charge < -0.3 is 26.8 Å². The first-order valence-electron chi connectivity index (χ1n) is 4.77. The number of hydrogen-bond donors (Lipinski definition) is 3. The highest BCUT2D eigenvalue weighted by Crippen LogP contribution is 2.02. The van der Waals surface area contributed by atoms with Crippen LogP contribution in [0.25, 0.3) is 0 Å². The second-order valence-electron chi connectivity index (χ2n) is 3.49. The van der Waals surface area contributed by atoms with E-state index in [0.29, 0.717) is 6.54 Å². The topological polar surface area (TPSA) is 115 Å². The Labute approximate surface area is 89.0 Å². The maximum atomic E-state index is 5.49. The monoisotopic (exact) mass is 214 g/mol. The fourth-order valence-corrected chi connectivity index (χ4v) is 1.34. The summed E-state index contributed by atoms with van der Waals surface area (Å²) >= 11 is 0. The van der Waals surface area contributed by atoms with Gasteiger partial charge in [0.05, 0.1) is 19.3 Å². The van der Waals surface area contributed by atoms with Crippen LogP contribution in [0.2, 0.25) is 0 Å². The number of likely N-dealkylation sites (N-methyl/N-ethyl adjacent to an activating group) is 1. The lowest BCUT2D eigenvalue weighted by molar-refractivity contribution is -0.0136. The summed E-state index contributed by atoms with van der Waals surface area (Å²) in [5.41, 5.74) is 15.8. The average Bonchev–Trinajstić information content (AvgIpc) is 2.14. The Bertz CT molecular complexity index is 260. The highest BCUT2D eigenvalue weighted by Gasteiger charge is 2.16. The van der Waals surface area contributed by atoms with Gasteiger partial charge in [-0.25, -0.2) is 4.99 Å². The van der Waals surface area contributed by atoms with Gasteiger partial charge in [-0.3, -0.25) is 0 Å². The zero-order valence-electron chi connectivity index (χ0n) is 8.89. The first-order valence-corrected chi connectivity index (χ1v) is 4.77. The van der Waals surface area contributed by atoms with E-state index in [2.05, 4.69) is 14.9 Å². The van der Waals surface area contributed by atoms with E-state index in [-0.39, 0.29) is 18.0 Å². The van der Waals surface area contributed by atoms with Crippen molar-refractivity contribution in [2.45, 2.75) is 6.10 Å². The lowest BCUT2D eigenvalue weighted by Gasteiger charge is -2.28. The van der Waals surface area contributed by atoms with Gasteiger partial charge in [0.15, 0.2) is 5.96 Å². The fraction of sp³-hybridized carbons (Fsp3) is 0.750. The van der Waals surface area contributed by atoms with Gasteiger partial charge >= 0.3 is 0 Å². The lowest BCUT2D eigenvalue weighted by atomic mass is 10.3. The van der Waals surface area contributed by atoms with Crippen LogP contribution in [0.5, 0.6) is 0 Å². The number of rotatable bonds is 2. The van der Waals surface area contributed by atoms with Gasteiger partial charge in [0.25, 0.3) is 0 Å². The standard InChI is InChI=1S/C8H18N6O/c1-14-2-3-15-6(5-14)4-12-8(11)13-7(9)10/h6H,2-5H2,1H3,(H6,9,10,11,12,13). The summed E-state index contributed by atoms with van der Waals surface area (Å²) in [5.74, 6) is 0.00440. The molecule has 0 aromatic carbocycles. The smallest absolute Gasteiger partial charge is 0.218 e. The zero-order valence-corrected chi connectivity index (χ0v) is 8.89. The third-order valence-electron chi connectivity index (χ3n) is 2.04. The molecule has 1 unspecified atom stereocenters. The minimum Gasteiger partial charge on any atom is -0.374 e. The molecule has 0 amide bonds. The molecule has 0 spiro atoms. The second kappa shape index (κ2) is 5.52. The van der Waals surface area contributed by atoms with Crippen molar-refractivity contribution in [1.29, 1.82) is 0 Å². The molecular formula is C8H18N6O. The summed E-state index contributed by atoms with van der Waals surface area (Å²) in [6.07, 6.45) is 0.0662. The molecule has 1 aliphatic rings. The Morgan fingerprint density at radius 2 is 2.20 bits per heavy atom. The first-order chi connectivity index (χ1) is 7.08. The summed E-state index contributed by atoms with van der Waals surface area (Å²) in [6, 6.07) is 0. The summed E-state index contributed by atoms with van der Waals surface area (Å²) in [6.45, 7) is 2.99. The summed E-state index contributed by atoms with van der Waals surface area (Å²) in [4.78, 5) is 9.81. The van der Waals surface area contributed by atoms with Crippen molar-refractivity contribution in [3.63, 3.8) is 0 Å². The summed E-state index contributed by atoms with van der Waals surface area (Å²) in [5, 5.41) is 0. The average molecular weight is 214 g/mol. The van der Waals surface area contributed by atoms with Crippen molar-refractivity contribution >= 4 is 11.9 Å². The van der Waals surface area contributed by atoms with Crippen molar-refractivity contribution < 1.29 is 4.74 Å². The molecule has 0 radical (unpaired) electrons. The van der Waals surface area contributed by atoms with Gasteiger partial charge in [0.2, 0.25) is 5.96 Å². The second-order valence-corrected chi connectivity index (χ2v) is 3.49. The Morgan fingerprint density at radius 1 is 1.47 bits per heavy atom. The summed E-state index contributed by atoms with van der Waals surface area (Å²) < 4.78 is 5.49. The molecule has 0 aromatic rings. The predicted octanol–water partition coefficient (Wildman–Crippen LogP) is -2.09. The van der Waals surface area contributed by atoms with Crippen molar-refractivity contribution in [2.24, 2.45) is 27.2 Å². The van der Waals surface area contributed by atoms with E-state index in [1.165, 1.54) is 0 Å². The summed E-state index contributed by atoms with van der Waals surface area (Å²) in [7, 11) is 2.04. The molecule has 7 heteroatoms. The van der Waals surface area contributed by atoms with Crippen molar-refractivity contribution in [1.82, 2.24) is 4.90 Å². The molecule has 86 valence electrons. The third kappa shape index (κ3) is 4.61. The van der Waals surface area contributed by atoms with Crippen LogP contribution in [0.4, 0.5) is 0 Å². The quantitative estimate of drug-likeness (QED) is 0.360. The fourth-order valence-electron chi connectivity index (χ4n) is 1.34. The number of nitrogens with two attached hydrogens (primary N) is 3. The van der Waals surface area contributed by atoms with Crippen LogP contribution in [0.3, 0.4) is 0 Å². The van der Waals surface area contributed by atoms with Crippen LogP contribution in [0.1, 0.15) is 0 Å². The molecule has 7 nitrogen and oxygen atoms in total. The molecule has 1 aliphatic heterocycles. The molecule has 1 saturated heterocycles. The van der Waals surface area contributed by atoms with Gasteiger partial charge in [-0.05, 0) is 7.05 Å². The lowest BCUT2D eigenvalue weighted by Crippen LogP contribution is -2.41. The van der Waals surface area contributed by atoms with Gasteiger partial charge in [0.1, 0.15) is 0 Å². The minimum absolute atomic E-state index is 0.0662. The molecule has 1 rings (SSSR count). The Balaban J connectivity index is 2.38. The molecule has 0 saturated carbocycles. The van der Waals surface area contributed by atoms with E-state index >= 15 is 0 Å². The molecule has 1 fully saturated rings. The largest absolute Gasteiger partial charge is 0.374 e. The normalized spacial score (nSPS) is 23.8. The molecule has 6 N–H and O–H groups in total.